The number of aromatic nitrogens is 2. The summed E-state index contributed by atoms with van der Waals surface area (Å²) >= 11 is 1.38. The number of ketones is 1. The van der Waals surface area contributed by atoms with Gasteiger partial charge in [-0.25, -0.2) is 9.78 Å². The molecule has 0 saturated carbocycles. The highest BCUT2D eigenvalue weighted by atomic mass is 32.1. The predicted molar refractivity (Wildman–Crippen MR) is 124 cm³/mol. The van der Waals surface area contributed by atoms with Crippen molar-refractivity contribution in [1.82, 2.24) is 15.3 Å². The van der Waals surface area contributed by atoms with E-state index in [4.69, 9.17) is 0 Å². The smallest absolute Gasteiger partial charge is 0.335 e. The number of carbonyl (C=O) groups excluding carboxylic acids is 2. The molecule has 0 bridgehead atoms. The number of hydrogen-bond acceptors (Lipinski definition) is 5. The van der Waals surface area contributed by atoms with E-state index in [9.17, 15) is 19.5 Å². The molecule has 3 aromatic rings. The van der Waals surface area contributed by atoms with Crippen LogP contribution in [0.5, 0.6) is 0 Å². The number of unbranched alkanes of at least 4 members (excludes halogenated alkanes) is 2. The number of nitrogens with zero attached hydrogens (tertiary/aromatic N) is 1. The van der Waals surface area contributed by atoms with Gasteiger partial charge in [0.05, 0.1) is 28.4 Å². The molecular weight excluding hydrogens is 426 g/mol. The summed E-state index contributed by atoms with van der Waals surface area (Å²) in [4.78, 5) is 43.8. The van der Waals surface area contributed by atoms with Crippen molar-refractivity contribution in [3.05, 3.63) is 64.2 Å². The Morgan fingerprint density at radius 1 is 1.16 bits per heavy atom. The molecule has 168 valence electrons. The number of aromatic amines is 1. The molecule has 1 atom stereocenters. The number of aromatic carboxylic acids is 1. The Bertz CT molecular complexity index is 1060. The Hall–Kier alpha value is -3.26. The first kappa shape index (κ1) is 23.4. The second-order valence-electron chi connectivity index (χ2n) is 7.56. The van der Waals surface area contributed by atoms with Crippen LogP contribution in [0.3, 0.4) is 0 Å². The third-order valence-electron chi connectivity index (χ3n) is 5.24. The lowest BCUT2D eigenvalue weighted by Crippen LogP contribution is -2.28. The van der Waals surface area contributed by atoms with Gasteiger partial charge in [-0.15, -0.1) is 11.3 Å². The number of imidazole rings is 1. The van der Waals surface area contributed by atoms with Crippen LogP contribution in [0, 0.1) is 0 Å². The molecule has 3 rings (SSSR count). The van der Waals surface area contributed by atoms with Crippen LogP contribution in [-0.2, 0) is 4.79 Å². The van der Waals surface area contributed by atoms with Gasteiger partial charge < -0.3 is 15.4 Å². The molecule has 8 heteroatoms. The van der Waals surface area contributed by atoms with Crippen molar-refractivity contribution in [3.63, 3.8) is 0 Å². The van der Waals surface area contributed by atoms with Gasteiger partial charge in [-0.05, 0) is 36.4 Å². The van der Waals surface area contributed by atoms with E-state index in [2.05, 4.69) is 15.3 Å². The van der Waals surface area contributed by atoms with Crippen molar-refractivity contribution in [1.29, 1.82) is 0 Å². The van der Waals surface area contributed by atoms with E-state index >= 15 is 0 Å². The summed E-state index contributed by atoms with van der Waals surface area (Å²) in [6, 6.07) is 9.92. The van der Waals surface area contributed by atoms with Crippen LogP contribution in [-0.4, -0.2) is 32.7 Å². The maximum Gasteiger partial charge on any atom is 0.335 e. The average molecular weight is 454 g/mol. The Labute approximate surface area is 190 Å². The summed E-state index contributed by atoms with van der Waals surface area (Å²) in [6.07, 6.45) is 6.07. The van der Waals surface area contributed by atoms with Crippen molar-refractivity contribution in [3.8, 4) is 11.3 Å². The summed E-state index contributed by atoms with van der Waals surface area (Å²) in [5.74, 6) is -0.256. The minimum atomic E-state index is -0.991. The molecule has 0 unspecified atom stereocenters. The molecule has 0 aliphatic rings. The van der Waals surface area contributed by atoms with Crippen LogP contribution in [0.15, 0.2) is 48.0 Å². The van der Waals surface area contributed by atoms with E-state index in [1.165, 1.54) is 17.4 Å². The van der Waals surface area contributed by atoms with Crippen molar-refractivity contribution < 1.29 is 19.5 Å². The second kappa shape index (κ2) is 11.4. The summed E-state index contributed by atoms with van der Waals surface area (Å²) in [5.41, 5.74) is 1.60. The lowest BCUT2D eigenvalue weighted by atomic mass is 10.0. The fourth-order valence-electron chi connectivity index (χ4n) is 3.42. The Morgan fingerprint density at radius 3 is 2.72 bits per heavy atom. The van der Waals surface area contributed by atoms with Gasteiger partial charge in [-0.3, -0.25) is 9.59 Å². The van der Waals surface area contributed by atoms with Crippen LogP contribution in [0.1, 0.15) is 77.3 Å². The first-order valence-electron chi connectivity index (χ1n) is 10.7. The fraction of sp³-hybridized carbons (Fsp3) is 0.333. The highest BCUT2D eigenvalue weighted by Gasteiger charge is 2.20. The summed E-state index contributed by atoms with van der Waals surface area (Å²) in [5, 5.41) is 14.2. The van der Waals surface area contributed by atoms with Crippen molar-refractivity contribution >= 4 is 29.0 Å². The van der Waals surface area contributed by atoms with Crippen molar-refractivity contribution in [2.75, 3.05) is 0 Å². The highest BCUT2D eigenvalue weighted by molar-refractivity contribution is 7.12. The van der Waals surface area contributed by atoms with E-state index in [0.717, 1.165) is 19.3 Å². The van der Waals surface area contributed by atoms with Gasteiger partial charge >= 0.3 is 5.97 Å². The number of Topliss-reactive ketones (excluding diaryl/α,β-unsaturated/α-hetero) is 1. The number of rotatable bonds is 12. The topological polar surface area (TPSA) is 112 Å². The van der Waals surface area contributed by atoms with Gasteiger partial charge in [0, 0.05) is 18.4 Å². The fourth-order valence-corrected chi connectivity index (χ4v) is 4.05. The zero-order chi connectivity index (χ0) is 22.9. The Morgan fingerprint density at radius 2 is 2.00 bits per heavy atom. The summed E-state index contributed by atoms with van der Waals surface area (Å²) in [6.45, 7) is 1.87. The molecule has 0 spiro atoms. The average Bonchev–Trinajstić information content (AvgIpc) is 3.50. The monoisotopic (exact) mass is 453 g/mol. The van der Waals surface area contributed by atoms with Gasteiger partial charge in [0.2, 0.25) is 0 Å². The number of nitrogens with one attached hydrogen (secondary N) is 2. The number of carboxylic acids is 1. The molecule has 3 N–H and O–H groups in total. The molecule has 2 aromatic heterocycles. The number of carbonyl (C=O) groups is 3. The molecule has 0 fully saturated rings. The zero-order valence-corrected chi connectivity index (χ0v) is 18.8. The summed E-state index contributed by atoms with van der Waals surface area (Å²) in [7, 11) is 0. The lowest BCUT2D eigenvalue weighted by Gasteiger charge is -2.16. The van der Waals surface area contributed by atoms with Crippen molar-refractivity contribution in [2.24, 2.45) is 0 Å². The first-order valence-corrected chi connectivity index (χ1v) is 11.6. The number of benzene rings is 1. The third-order valence-corrected chi connectivity index (χ3v) is 6.11. The molecule has 1 aromatic carbocycles. The number of H-pyrrole nitrogens is 1. The quantitative estimate of drug-likeness (QED) is 0.325. The zero-order valence-electron chi connectivity index (χ0n) is 18.0. The Kier molecular flexibility index (Phi) is 8.33. The van der Waals surface area contributed by atoms with Gasteiger partial charge in [0.1, 0.15) is 11.6 Å². The van der Waals surface area contributed by atoms with E-state index in [0.29, 0.717) is 41.2 Å². The first-order chi connectivity index (χ1) is 15.5. The molecule has 1 amide bonds. The SMILES string of the molecule is CCC(=O)CCCCC[C@H](NC(=O)c1cccs1)c1ncc(-c2cccc(C(=O)O)c2)[nH]1. The molecule has 32 heavy (non-hydrogen) atoms. The molecule has 0 saturated heterocycles. The molecule has 0 aliphatic carbocycles. The summed E-state index contributed by atoms with van der Waals surface area (Å²) < 4.78 is 0. The molecule has 0 aliphatic heterocycles. The van der Waals surface area contributed by atoms with E-state index in [1.54, 1.807) is 24.4 Å². The number of thiophene rings is 1. The van der Waals surface area contributed by atoms with Gasteiger partial charge in [-0.2, -0.15) is 0 Å². The highest BCUT2D eigenvalue weighted by Crippen LogP contribution is 2.24. The molecule has 2 heterocycles. The maximum atomic E-state index is 12.7. The van der Waals surface area contributed by atoms with E-state index < -0.39 is 5.97 Å². The number of carboxylic acid groups (broad SMARTS) is 1. The van der Waals surface area contributed by atoms with Crippen LogP contribution >= 0.6 is 11.3 Å². The van der Waals surface area contributed by atoms with Gasteiger partial charge in [0.25, 0.3) is 5.91 Å². The second-order valence-corrected chi connectivity index (χ2v) is 8.51. The minimum Gasteiger partial charge on any atom is -0.478 e. The van der Waals surface area contributed by atoms with Crippen molar-refractivity contribution in [2.45, 2.75) is 51.5 Å². The third kappa shape index (κ3) is 6.37. The maximum absolute atomic E-state index is 12.7. The van der Waals surface area contributed by atoms with E-state index in [1.807, 2.05) is 24.4 Å². The minimum absolute atomic E-state index is 0.156. The van der Waals surface area contributed by atoms with Crippen LogP contribution < -0.4 is 5.32 Å². The van der Waals surface area contributed by atoms with Crippen LogP contribution in [0.4, 0.5) is 0 Å². The van der Waals surface area contributed by atoms with E-state index in [-0.39, 0.29) is 23.3 Å². The van der Waals surface area contributed by atoms with Crippen LogP contribution in [0.2, 0.25) is 0 Å². The largest absolute Gasteiger partial charge is 0.478 e. The molecule has 0 radical (unpaired) electrons. The van der Waals surface area contributed by atoms with Gasteiger partial charge in [-0.1, -0.05) is 38.0 Å². The lowest BCUT2D eigenvalue weighted by molar-refractivity contribution is -0.118. The standard InChI is InChI=1S/C24H27N3O4S/c1-2-18(28)10-4-3-5-11-19(27-23(29)21-12-7-13-32-21)22-25-15-20(26-22)16-8-6-9-17(14-16)24(30)31/h6-9,12-15,19H,2-5,10-11H2,1H3,(H,25,26)(H,27,29)(H,30,31)/t19-/m0/s1. The number of amides is 1. The Balaban J connectivity index is 1.72. The normalized spacial score (nSPS) is 11.8. The molecule has 7 nitrogen and oxygen atoms in total. The molecular formula is C24H27N3O4S. The van der Waals surface area contributed by atoms with Crippen LogP contribution in [0.25, 0.3) is 11.3 Å². The predicted octanol–water partition coefficient (Wildman–Crippen LogP) is 5.24. The number of hydrogen-bond donors (Lipinski definition) is 3. The van der Waals surface area contributed by atoms with Gasteiger partial charge in [0.15, 0.2) is 0 Å².